The molecule has 0 radical (unpaired) electrons. The Morgan fingerprint density at radius 1 is 1.50 bits per heavy atom. The summed E-state index contributed by atoms with van der Waals surface area (Å²) in [7, 11) is 0. The maximum absolute atomic E-state index is 11.8. The number of aromatic amines is 1. The normalized spacial score (nSPS) is 18.8. The number of hydrogen-bond donors (Lipinski definition) is 1. The Labute approximate surface area is 97.7 Å². The molecule has 0 aliphatic carbocycles. The van der Waals surface area contributed by atoms with Crippen LogP contribution < -0.4 is 0 Å². The van der Waals surface area contributed by atoms with Crippen molar-refractivity contribution < 1.29 is 9.59 Å². The molecule has 1 aromatic heterocycles. The smallest absolute Gasteiger partial charge is 0.293 e. The Kier molecular flexibility index (Phi) is 3.14. The van der Waals surface area contributed by atoms with Crippen LogP contribution in [0.4, 0.5) is 4.79 Å². The lowest BCUT2D eigenvalue weighted by atomic mass is 10.3. The van der Waals surface area contributed by atoms with Gasteiger partial charge in [-0.05, 0) is 36.4 Å². The molecule has 1 aliphatic heterocycles. The van der Waals surface area contributed by atoms with Crippen molar-refractivity contribution in [2.24, 2.45) is 0 Å². The summed E-state index contributed by atoms with van der Waals surface area (Å²) >= 11 is 0.999. The molecular weight excluding hydrogens is 224 g/mol. The SMILES string of the molecule is CCCN1C(=O)S/C(=C\c2ccc[nH]2)C1=O. The first-order valence-electron chi connectivity index (χ1n) is 5.11. The third-order valence-corrected chi connectivity index (χ3v) is 3.14. The fraction of sp³-hybridized carbons (Fsp3) is 0.273. The van der Waals surface area contributed by atoms with E-state index in [4.69, 9.17) is 0 Å². The number of imide groups is 1. The Morgan fingerprint density at radius 3 is 2.94 bits per heavy atom. The first-order valence-corrected chi connectivity index (χ1v) is 5.92. The van der Waals surface area contributed by atoms with Crippen LogP contribution in [0.5, 0.6) is 0 Å². The highest BCUT2D eigenvalue weighted by Crippen LogP contribution is 2.31. The van der Waals surface area contributed by atoms with E-state index < -0.39 is 0 Å². The number of carbonyl (C=O) groups excluding carboxylic acids is 2. The molecule has 0 aromatic carbocycles. The lowest BCUT2D eigenvalue weighted by Crippen LogP contribution is -2.28. The molecule has 0 atom stereocenters. The fourth-order valence-electron chi connectivity index (χ4n) is 1.49. The van der Waals surface area contributed by atoms with E-state index in [1.807, 2.05) is 19.1 Å². The van der Waals surface area contributed by atoms with Crippen LogP contribution in [0.3, 0.4) is 0 Å². The molecular formula is C11H12N2O2S. The zero-order valence-corrected chi connectivity index (χ0v) is 9.71. The topological polar surface area (TPSA) is 53.2 Å². The predicted octanol–water partition coefficient (Wildman–Crippen LogP) is 2.46. The van der Waals surface area contributed by atoms with Gasteiger partial charge in [-0.25, -0.2) is 0 Å². The van der Waals surface area contributed by atoms with Crippen molar-refractivity contribution in [3.8, 4) is 0 Å². The highest BCUT2D eigenvalue weighted by Gasteiger charge is 2.34. The van der Waals surface area contributed by atoms with Crippen LogP contribution in [0.15, 0.2) is 23.2 Å². The van der Waals surface area contributed by atoms with Crippen LogP contribution in [0.1, 0.15) is 19.0 Å². The molecule has 84 valence electrons. The van der Waals surface area contributed by atoms with E-state index in [0.717, 1.165) is 23.9 Å². The molecule has 0 spiro atoms. The summed E-state index contributed by atoms with van der Waals surface area (Å²) in [6.45, 7) is 2.44. The molecule has 1 N–H and O–H groups in total. The number of nitrogens with one attached hydrogen (secondary N) is 1. The van der Waals surface area contributed by atoms with E-state index in [2.05, 4.69) is 4.98 Å². The van der Waals surface area contributed by atoms with Gasteiger partial charge in [0.1, 0.15) is 0 Å². The van der Waals surface area contributed by atoms with E-state index >= 15 is 0 Å². The first kappa shape index (κ1) is 11.0. The van der Waals surface area contributed by atoms with Gasteiger partial charge in [-0.1, -0.05) is 6.92 Å². The maximum atomic E-state index is 11.8. The Morgan fingerprint density at radius 2 is 2.31 bits per heavy atom. The molecule has 16 heavy (non-hydrogen) atoms. The molecule has 2 rings (SSSR count). The van der Waals surface area contributed by atoms with Crippen LogP contribution in [0, 0.1) is 0 Å². The molecule has 0 saturated carbocycles. The fourth-order valence-corrected chi connectivity index (χ4v) is 2.35. The lowest BCUT2D eigenvalue weighted by Gasteiger charge is -2.09. The molecule has 1 aliphatic rings. The number of carbonyl (C=O) groups is 2. The van der Waals surface area contributed by atoms with Gasteiger partial charge in [-0.15, -0.1) is 0 Å². The number of aromatic nitrogens is 1. The van der Waals surface area contributed by atoms with Gasteiger partial charge in [0, 0.05) is 18.4 Å². The maximum Gasteiger partial charge on any atom is 0.293 e. The van der Waals surface area contributed by atoms with Gasteiger partial charge in [0.15, 0.2) is 0 Å². The number of H-pyrrole nitrogens is 1. The Bertz CT molecular complexity index is 437. The summed E-state index contributed by atoms with van der Waals surface area (Å²) in [6.07, 6.45) is 4.27. The molecule has 0 bridgehead atoms. The quantitative estimate of drug-likeness (QED) is 0.820. The van der Waals surface area contributed by atoms with Crippen molar-refractivity contribution >= 4 is 29.0 Å². The van der Waals surface area contributed by atoms with Crippen molar-refractivity contribution in [1.29, 1.82) is 0 Å². The molecule has 2 heterocycles. The first-order chi connectivity index (χ1) is 7.72. The largest absolute Gasteiger partial charge is 0.362 e. The van der Waals surface area contributed by atoms with Crippen LogP contribution in [-0.2, 0) is 4.79 Å². The van der Waals surface area contributed by atoms with Gasteiger partial charge in [-0.3, -0.25) is 14.5 Å². The molecule has 5 heteroatoms. The van der Waals surface area contributed by atoms with Crippen LogP contribution >= 0.6 is 11.8 Å². The van der Waals surface area contributed by atoms with Crippen molar-refractivity contribution in [3.05, 3.63) is 28.9 Å². The molecule has 4 nitrogen and oxygen atoms in total. The zero-order chi connectivity index (χ0) is 11.5. The van der Waals surface area contributed by atoms with Gasteiger partial charge in [0.2, 0.25) is 0 Å². The summed E-state index contributed by atoms with van der Waals surface area (Å²) in [5.41, 5.74) is 0.835. The third kappa shape index (κ3) is 2.04. The number of rotatable bonds is 3. The van der Waals surface area contributed by atoms with Crippen LogP contribution in [0.2, 0.25) is 0 Å². The zero-order valence-electron chi connectivity index (χ0n) is 8.90. The van der Waals surface area contributed by atoms with E-state index in [-0.39, 0.29) is 11.1 Å². The van der Waals surface area contributed by atoms with E-state index in [0.29, 0.717) is 11.4 Å². The summed E-state index contributed by atoms with van der Waals surface area (Å²) in [5.74, 6) is -0.188. The van der Waals surface area contributed by atoms with Gasteiger partial charge >= 0.3 is 0 Å². The van der Waals surface area contributed by atoms with Gasteiger partial charge in [-0.2, -0.15) is 0 Å². The molecule has 0 unspecified atom stereocenters. The average Bonchev–Trinajstić information content (AvgIpc) is 2.84. The van der Waals surface area contributed by atoms with E-state index in [1.54, 1.807) is 12.3 Å². The number of thioether (sulfide) groups is 1. The highest BCUT2D eigenvalue weighted by atomic mass is 32.2. The highest BCUT2D eigenvalue weighted by molar-refractivity contribution is 8.18. The minimum atomic E-state index is -0.188. The Hall–Kier alpha value is -1.49. The van der Waals surface area contributed by atoms with E-state index in [9.17, 15) is 9.59 Å². The second kappa shape index (κ2) is 4.57. The standard InChI is InChI=1S/C11H12N2O2S/c1-2-6-13-10(14)9(16-11(13)15)7-8-4-3-5-12-8/h3-5,7,12H,2,6H2,1H3/b9-7-. The average molecular weight is 236 g/mol. The van der Waals surface area contributed by atoms with Crippen molar-refractivity contribution in [2.45, 2.75) is 13.3 Å². The van der Waals surface area contributed by atoms with Gasteiger partial charge in [0.25, 0.3) is 11.1 Å². The molecule has 1 saturated heterocycles. The predicted molar refractivity (Wildman–Crippen MR) is 63.8 cm³/mol. The Balaban J connectivity index is 2.20. The summed E-state index contributed by atoms with van der Waals surface area (Å²) in [4.78, 5) is 28.1. The monoisotopic (exact) mass is 236 g/mol. The third-order valence-electron chi connectivity index (χ3n) is 2.23. The number of hydrogen-bond acceptors (Lipinski definition) is 3. The van der Waals surface area contributed by atoms with Crippen molar-refractivity contribution in [3.63, 3.8) is 0 Å². The van der Waals surface area contributed by atoms with Crippen LogP contribution in [0.25, 0.3) is 6.08 Å². The minimum Gasteiger partial charge on any atom is -0.362 e. The van der Waals surface area contributed by atoms with Crippen molar-refractivity contribution in [2.75, 3.05) is 6.54 Å². The second-order valence-electron chi connectivity index (χ2n) is 3.46. The second-order valence-corrected chi connectivity index (χ2v) is 4.45. The molecule has 1 aromatic rings. The van der Waals surface area contributed by atoms with Crippen molar-refractivity contribution in [1.82, 2.24) is 9.88 Å². The lowest BCUT2D eigenvalue weighted by molar-refractivity contribution is -0.122. The number of amides is 2. The summed E-state index contributed by atoms with van der Waals surface area (Å²) < 4.78 is 0. The number of nitrogens with zero attached hydrogens (tertiary/aromatic N) is 1. The van der Waals surface area contributed by atoms with Gasteiger partial charge < -0.3 is 4.98 Å². The molecule has 2 amide bonds. The molecule has 1 fully saturated rings. The van der Waals surface area contributed by atoms with Crippen LogP contribution in [-0.4, -0.2) is 27.6 Å². The minimum absolute atomic E-state index is 0.176. The summed E-state index contributed by atoms with van der Waals surface area (Å²) in [5, 5.41) is -0.176. The summed E-state index contributed by atoms with van der Waals surface area (Å²) in [6, 6.07) is 3.70. The van der Waals surface area contributed by atoms with Gasteiger partial charge in [0.05, 0.1) is 4.91 Å². The van der Waals surface area contributed by atoms with E-state index in [1.165, 1.54) is 4.90 Å².